The maximum atomic E-state index is 12.7. The number of hydrogen-bond donors (Lipinski definition) is 1. The Morgan fingerprint density at radius 3 is 2.06 bits per heavy atom. The predicted molar refractivity (Wildman–Crippen MR) is 131 cm³/mol. The van der Waals surface area contributed by atoms with Crippen molar-refractivity contribution in [1.29, 1.82) is 0 Å². The van der Waals surface area contributed by atoms with Gasteiger partial charge in [-0.3, -0.25) is 19.3 Å². The molecule has 0 bridgehead atoms. The molecular formula is C25H30N4O5S. The van der Waals surface area contributed by atoms with Crippen molar-refractivity contribution in [3.8, 4) is 0 Å². The van der Waals surface area contributed by atoms with E-state index in [0.717, 1.165) is 17.9 Å². The van der Waals surface area contributed by atoms with Gasteiger partial charge in [0.05, 0.1) is 16.9 Å². The fourth-order valence-corrected chi connectivity index (χ4v) is 5.69. The molecule has 0 saturated carbocycles. The minimum Gasteiger partial charge on any atom is -0.355 e. The number of carbonyl (C=O) groups excluding carboxylic acids is 3. The quantitative estimate of drug-likeness (QED) is 0.490. The zero-order valence-electron chi connectivity index (χ0n) is 19.6. The third-order valence-corrected chi connectivity index (χ3v) is 8.28. The molecule has 35 heavy (non-hydrogen) atoms. The number of hydrogen-bond acceptors (Lipinski definition) is 6. The van der Waals surface area contributed by atoms with Crippen LogP contribution >= 0.6 is 0 Å². The molecule has 0 radical (unpaired) electrons. The Morgan fingerprint density at radius 2 is 1.43 bits per heavy atom. The smallest absolute Gasteiger partial charge is 0.261 e. The van der Waals surface area contributed by atoms with Crippen molar-refractivity contribution in [1.82, 2.24) is 19.4 Å². The van der Waals surface area contributed by atoms with Crippen molar-refractivity contribution in [2.75, 3.05) is 51.6 Å². The van der Waals surface area contributed by atoms with Crippen molar-refractivity contribution in [3.63, 3.8) is 0 Å². The van der Waals surface area contributed by atoms with Crippen molar-refractivity contribution in [3.05, 3.63) is 71.3 Å². The van der Waals surface area contributed by atoms with Crippen LogP contribution in [0.15, 0.2) is 54.6 Å². The van der Waals surface area contributed by atoms with Crippen molar-refractivity contribution in [2.24, 2.45) is 0 Å². The summed E-state index contributed by atoms with van der Waals surface area (Å²) in [7, 11) is -3.48. The molecule has 0 aliphatic carbocycles. The minimum atomic E-state index is -3.48. The van der Waals surface area contributed by atoms with Gasteiger partial charge in [-0.15, -0.1) is 0 Å². The summed E-state index contributed by atoms with van der Waals surface area (Å²) in [6, 6.07) is 16.8. The van der Waals surface area contributed by atoms with E-state index in [4.69, 9.17) is 0 Å². The fraction of sp³-hybridized carbons (Fsp3) is 0.400. The van der Waals surface area contributed by atoms with Crippen LogP contribution in [-0.2, 0) is 21.2 Å². The highest BCUT2D eigenvalue weighted by atomic mass is 32.2. The van der Waals surface area contributed by atoms with Crippen molar-refractivity contribution in [2.45, 2.75) is 12.8 Å². The maximum Gasteiger partial charge on any atom is 0.261 e. The average Bonchev–Trinajstić information content (AvgIpc) is 3.11. The van der Waals surface area contributed by atoms with Crippen LogP contribution < -0.4 is 5.32 Å². The lowest BCUT2D eigenvalue weighted by atomic mass is 10.1. The van der Waals surface area contributed by atoms with E-state index in [2.05, 4.69) is 22.3 Å². The van der Waals surface area contributed by atoms with Crippen molar-refractivity contribution < 1.29 is 22.8 Å². The molecule has 3 amide bonds. The summed E-state index contributed by atoms with van der Waals surface area (Å²) in [6.45, 7) is 3.06. The Hall–Kier alpha value is -3.08. The number of nitrogens with one attached hydrogen (secondary N) is 1. The first-order valence-corrected chi connectivity index (χ1v) is 13.4. The Bertz CT molecular complexity index is 1140. The molecule has 2 aliphatic rings. The Morgan fingerprint density at radius 1 is 0.829 bits per heavy atom. The zero-order valence-corrected chi connectivity index (χ0v) is 20.4. The van der Waals surface area contributed by atoms with E-state index >= 15 is 0 Å². The number of fused-ring (bicyclic) bond motifs is 1. The lowest BCUT2D eigenvalue weighted by Crippen LogP contribution is -2.50. The van der Waals surface area contributed by atoms with E-state index < -0.39 is 27.7 Å². The summed E-state index contributed by atoms with van der Waals surface area (Å²) in [5.41, 5.74) is 1.94. The molecule has 10 heteroatoms. The third-order valence-electron chi connectivity index (χ3n) is 6.41. The van der Waals surface area contributed by atoms with Gasteiger partial charge in [-0.1, -0.05) is 42.5 Å². The number of benzene rings is 2. The third kappa shape index (κ3) is 6.14. The summed E-state index contributed by atoms with van der Waals surface area (Å²) >= 11 is 0. The first kappa shape index (κ1) is 25.0. The van der Waals surface area contributed by atoms with Crippen molar-refractivity contribution >= 4 is 27.7 Å². The first-order valence-electron chi connectivity index (χ1n) is 11.8. The number of imide groups is 1. The van der Waals surface area contributed by atoms with Crippen LogP contribution in [0.1, 0.15) is 32.7 Å². The largest absolute Gasteiger partial charge is 0.355 e. The van der Waals surface area contributed by atoms with Gasteiger partial charge in [0, 0.05) is 52.2 Å². The molecule has 2 aliphatic heterocycles. The molecule has 0 unspecified atom stereocenters. The van der Waals surface area contributed by atoms with E-state index in [0.29, 0.717) is 37.3 Å². The van der Waals surface area contributed by atoms with Crippen LogP contribution in [-0.4, -0.2) is 91.8 Å². The predicted octanol–water partition coefficient (Wildman–Crippen LogP) is 0.979. The Kier molecular flexibility index (Phi) is 7.94. The van der Waals surface area contributed by atoms with Crippen LogP contribution in [0.3, 0.4) is 0 Å². The second-order valence-electron chi connectivity index (χ2n) is 8.70. The van der Waals surface area contributed by atoms with Gasteiger partial charge in [0.15, 0.2) is 0 Å². The number of nitrogens with zero attached hydrogens (tertiary/aromatic N) is 3. The lowest BCUT2D eigenvalue weighted by molar-refractivity contribution is -0.121. The normalized spacial score (nSPS) is 17.0. The van der Waals surface area contributed by atoms with E-state index in [1.807, 2.05) is 18.2 Å². The lowest BCUT2D eigenvalue weighted by Gasteiger charge is -2.34. The molecule has 186 valence electrons. The van der Waals surface area contributed by atoms with E-state index in [9.17, 15) is 22.8 Å². The summed E-state index contributed by atoms with van der Waals surface area (Å²) in [6.07, 6.45) is 0.853. The van der Waals surface area contributed by atoms with E-state index in [-0.39, 0.29) is 25.3 Å². The van der Waals surface area contributed by atoms with Crippen LogP contribution in [0, 0.1) is 0 Å². The van der Waals surface area contributed by atoms with Gasteiger partial charge in [-0.25, -0.2) is 8.42 Å². The number of piperazine rings is 1. The minimum absolute atomic E-state index is 0.0164. The molecule has 0 spiro atoms. The highest BCUT2D eigenvalue weighted by Gasteiger charge is 2.35. The number of sulfonamides is 1. The molecule has 1 fully saturated rings. The van der Waals surface area contributed by atoms with Gasteiger partial charge in [0.25, 0.3) is 11.8 Å². The van der Waals surface area contributed by atoms with E-state index in [1.54, 1.807) is 24.3 Å². The molecule has 1 saturated heterocycles. The number of rotatable bonds is 10. The first-order chi connectivity index (χ1) is 16.8. The van der Waals surface area contributed by atoms with Gasteiger partial charge in [-0.05, 0) is 24.1 Å². The number of carbonyl (C=O) groups is 3. The average molecular weight is 499 g/mol. The Balaban J connectivity index is 1.15. The standard InChI is InChI=1S/C25H30N4O5S/c30-23(11-14-29-24(31)21-8-4-5-9-22(21)25(29)32)26-12-19-35(33,34)28-17-15-27(16-18-28)13-10-20-6-2-1-3-7-20/h1-9H,10-19H2,(H,26,30). The molecule has 4 rings (SSSR count). The molecular weight excluding hydrogens is 468 g/mol. The van der Waals surface area contributed by atoms with E-state index in [1.165, 1.54) is 9.87 Å². The fourth-order valence-electron chi connectivity index (χ4n) is 4.36. The molecule has 0 atom stereocenters. The summed E-state index contributed by atoms with van der Waals surface area (Å²) in [4.78, 5) is 40.2. The highest BCUT2D eigenvalue weighted by Crippen LogP contribution is 2.22. The van der Waals surface area contributed by atoms with Crippen LogP contribution in [0.4, 0.5) is 0 Å². The second-order valence-corrected chi connectivity index (χ2v) is 10.8. The number of amides is 3. The van der Waals surface area contributed by atoms with Gasteiger partial charge >= 0.3 is 0 Å². The van der Waals surface area contributed by atoms with Gasteiger partial charge < -0.3 is 10.2 Å². The van der Waals surface area contributed by atoms with Crippen LogP contribution in [0.2, 0.25) is 0 Å². The SMILES string of the molecule is O=C(CCN1C(=O)c2ccccc2C1=O)NCCS(=O)(=O)N1CCN(CCc2ccccc2)CC1. The molecule has 9 nitrogen and oxygen atoms in total. The second kappa shape index (κ2) is 11.1. The topological polar surface area (TPSA) is 107 Å². The summed E-state index contributed by atoms with van der Waals surface area (Å²) < 4.78 is 26.9. The van der Waals surface area contributed by atoms with Gasteiger partial charge in [-0.2, -0.15) is 4.31 Å². The highest BCUT2D eigenvalue weighted by molar-refractivity contribution is 7.89. The molecule has 2 aromatic rings. The molecule has 2 heterocycles. The summed E-state index contributed by atoms with van der Waals surface area (Å²) in [5, 5.41) is 2.60. The zero-order chi connectivity index (χ0) is 24.8. The maximum absolute atomic E-state index is 12.7. The Labute approximate surface area is 205 Å². The molecule has 0 aromatic heterocycles. The monoisotopic (exact) mass is 498 g/mol. The molecule has 2 aromatic carbocycles. The van der Waals surface area contributed by atoms with Gasteiger partial charge in [0.2, 0.25) is 15.9 Å². The molecule has 1 N–H and O–H groups in total. The van der Waals surface area contributed by atoms with Crippen LogP contribution in [0.25, 0.3) is 0 Å². The van der Waals surface area contributed by atoms with Crippen LogP contribution in [0.5, 0.6) is 0 Å². The van der Waals surface area contributed by atoms with Gasteiger partial charge in [0.1, 0.15) is 0 Å². The summed E-state index contributed by atoms with van der Waals surface area (Å²) in [5.74, 6) is -1.41.